The molecule has 0 rings (SSSR count). The lowest BCUT2D eigenvalue weighted by Gasteiger charge is -2.06. The van der Waals surface area contributed by atoms with E-state index in [2.05, 4.69) is 11.3 Å². The maximum absolute atomic E-state index is 10.7. The van der Waals surface area contributed by atoms with Crippen molar-refractivity contribution in [3.05, 3.63) is 12.0 Å². The van der Waals surface area contributed by atoms with Crippen molar-refractivity contribution in [1.82, 2.24) is 0 Å². The van der Waals surface area contributed by atoms with Gasteiger partial charge >= 0.3 is 6.16 Å². The summed E-state index contributed by atoms with van der Waals surface area (Å²) in [5.74, 6) is 0. The Morgan fingerprint density at radius 3 is 2.45 bits per heavy atom. The van der Waals surface area contributed by atoms with Gasteiger partial charge in [0.05, 0.1) is 0 Å². The van der Waals surface area contributed by atoms with Crippen LogP contribution < -0.4 is 0 Å². The highest BCUT2D eigenvalue weighted by atomic mass is 32.2. The van der Waals surface area contributed by atoms with E-state index in [1.807, 2.05) is 0 Å². The first-order chi connectivity index (χ1) is 4.90. The second kappa shape index (κ2) is 3.38. The second-order valence-corrected chi connectivity index (χ2v) is 3.88. The summed E-state index contributed by atoms with van der Waals surface area (Å²) in [6.07, 6.45) is -1.62. The minimum absolute atomic E-state index is 0.653. The van der Waals surface area contributed by atoms with Crippen molar-refractivity contribution in [1.29, 1.82) is 0 Å². The number of carboxylic acid groups (broad SMARTS) is 1. The first-order valence-corrected chi connectivity index (χ1v) is 4.27. The molecule has 0 aliphatic heterocycles. The lowest BCUT2D eigenvalue weighted by atomic mass is 10.8. The summed E-state index contributed by atoms with van der Waals surface area (Å²) < 4.78 is 25.4. The number of hydrogen-bond acceptors (Lipinski definition) is 4. The fourth-order valence-corrected chi connectivity index (χ4v) is 0.832. The van der Waals surface area contributed by atoms with Crippen molar-refractivity contribution >= 4 is 16.0 Å². The third-order valence-electron chi connectivity index (χ3n) is 0.962. The van der Waals surface area contributed by atoms with Crippen LogP contribution >= 0.6 is 0 Å². The molecule has 0 saturated heterocycles. The number of rotatable bonds is 3. The SMILES string of the molecule is C=CS(=O)(=O)C(C)OC(=O)O. The topological polar surface area (TPSA) is 80.7 Å². The maximum atomic E-state index is 10.7. The highest BCUT2D eigenvalue weighted by Crippen LogP contribution is 2.03. The molecular weight excluding hydrogens is 172 g/mol. The Kier molecular flexibility index (Phi) is 3.06. The van der Waals surface area contributed by atoms with Crippen LogP contribution in [0.2, 0.25) is 0 Å². The maximum Gasteiger partial charge on any atom is 0.507 e. The average molecular weight is 180 g/mol. The zero-order chi connectivity index (χ0) is 9.07. The number of hydrogen-bond donors (Lipinski definition) is 1. The Bertz CT molecular complexity index is 252. The highest BCUT2D eigenvalue weighted by molar-refractivity contribution is 7.94. The van der Waals surface area contributed by atoms with Crippen molar-refractivity contribution in [2.24, 2.45) is 0 Å². The molecule has 0 aromatic rings. The summed E-state index contributed by atoms with van der Waals surface area (Å²) in [5, 5.41) is 8.68. The Morgan fingerprint density at radius 2 is 2.18 bits per heavy atom. The molecular formula is C5H8O5S. The van der Waals surface area contributed by atoms with E-state index in [0.29, 0.717) is 5.41 Å². The van der Waals surface area contributed by atoms with E-state index in [0.717, 1.165) is 6.92 Å². The normalized spacial score (nSPS) is 13.5. The molecule has 11 heavy (non-hydrogen) atoms. The molecule has 1 unspecified atom stereocenters. The summed E-state index contributed by atoms with van der Waals surface area (Å²) in [4.78, 5) is 9.85. The number of sulfone groups is 1. The van der Waals surface area contributed by atoms with Gasteiger partial charge in [0, 0.05) is 5.41 Å². The summed E-state index contributed by atoms with van der Waals surface area (Å²) >= 11 is 0. The van der Waals surface area contributed by atoms with Gasteiger partial charge in [-0.05, 0) is 6.92 Å². The van der Waals surface area contributed by atoms with Crippen molar-refractivity contribution < 1.29 is 23.1 Å². The molecule has 0 spiro atoms. The van der Waals surface area contributed by atoms with E-state index in [4.69, 9.17) is 5.11 Å². The van der Waals surface area contributed by atoms with Crippen LogP contribution in [0.5, 0.6) is 0 Å². The third kappa shape index (κ3) is 3.03. The van der Waals surface area contributed by atoms with E-state index < -0.39 is 21.4 Å². The molecule has 0 aliphatic rings. The molecule has 1 atom stereocenters. The summed E-state index contributed by atoms with van der Waals surface area (Å²) in [6, 6.07) is 0. The fourth-order valence-electron chi connectivity index (χ4n) is 0.345. The second-order valence-electron chi connectivity index (χ2n) is 1.71. The van der Waals surface area contributed by atoms with Gasteiger partial charge in [-0.1, -0.05) is 6.58 Å². The zero-order valence-electron chi connectivity index (χ0n) is 5.85. The van der Waals surface area contributed by atoms with E-state index >= 15 is 0 Å². The lowest BCUT2D eigenvalue weighted by molar-refractivity contribution is 0.0843. The molecule has 0 fully saturated rings. The van der Waals surface area contributed by atoms with Crippen molar-refractivity contribution in [2.45, 2.75) is 12.4 Å². The van der Waals surface area contributed by atoms with Gasteiger partial charge in [-0.25, -0.2) is 13.2 Å². The largest absolute Gasteiger partial charge is 0.507 e. The zero-order valence-corrected chi connectivity index (χ0v) is 6.67. The van der Waals surface area contributed by atoms with Gasteiger partial charge in [0.2, 0.25) is 15.3 Å². The van der Waals surface area contributed by atoms with E-state index in [1.165, 1.54) is 0 Å². The minimum Gasteiger partial charge on any atom is -0.450 e. The van der Waals surface area contributed by atoms with E-state index in [1.54, 1.807) is 0 Å². The molecule has 0 aromatic heterocycles. The molecule has 6 heteroatoms. The lowest BCUT2D eigenvalue weighted by Crippen LogP contribution is -2.21. The molecule has 0 aliphatic carbocycles. The Morgan fingerprint density at radius 1 is 1.73 bits per heavy atom. The summed E-state index contributed by atoms with van der Waals surface area (Å²) in [6.45, 7) is 4.12. The molecule has 0 heterocycles. The van der Waals surface area contributed by atoms with Crippen molar-refractivity contribution in [3.63, 3.8) is 0 Å². The Balaban J connectivity index is 4.37. The summed E-state index contributed by atoms with van der Waals surface area (Å²) in [5.41, 5.74) is -1.39. The third-order valence-corrected chi connectivity index (χ3v) is 2.45. The van der Waals surface area contributed by atoms with Crippen LogP contribution in [0.15, 0.2) is 12.0 Å². The smallest absolute Gasteiger partial charge is 0.450 e. The molecule has 5 nitrogen and oxygen atoms in total. The van der Waals surface area contributed by atoms with Crippen LogP contribution in [0.25, 0.3) is 0 Å². The van der Waals surface area contributed by atoms with Crippen molar-refractivity contribution in [2.75, 3.05) is 0 Å². The van der Waals surface area contributed by atoms with Crippen LogP contribution in [-0.4, -0.2) is 25.1 Å². The first-order valence-electron chi connectivity index (χ1n) is 2.66. The van der Waals surface area contributed by atoms with Gasteiger partial charge in [-0.2, -0.15) is 0 Å². The molecule has 0 amide bonds. The summed E-state index contributed by atoms with van der Waals surface area (Å²) in [7, 11) is -3.63. The van der Waals surface area contributed by atoms with Crippen molar-refractivity contribution in [3.8, 4) is 0 Å². The van der Waals surface area contributed by atoms with Crippen LogP contribution in [0.3, 0.4) is 0 Å². The number of carbonyl (C=O) groups is 1. The van der Waals surface area contributed by atoms with Crippen LogP contribution in [0, 0.1) is 0 Å². The molecule has 0 saturated carbocycles. The van der Waals surface area contributed by atoms with Gasteiger partial charge in [-0.15, -0.1) is 0 Å². The fraction of sp³-hybridized carbons (Fsp3) is 0.400. The highest BCUT2D eigenvalue weighted by Gasteiger charge is 2.20. The van der Waals surface area contributed by atoms with Gasteiger partial charge in [0.1, 0.15) is 0 Å². The van der Waals surface area contributed by atoms with Gasteiger partial charge in [-0.3, -0.25) is 0 Å². The quantitative estimate of drug-likeness (QED) is 0.642. The average Bonchev–Trinajstić information content (AvgIpc) is 1.86. The standard InChI is InChI=1S/C5H8O5S/c1-3-11(8,9)4(2)10-5(6)7/h3-4H,1H2,2H3,(H,6,7). The molecule has 0 bridgehead atoms. The molecule has 64 valence electrons. The van der Waals surface area contributed by atoms with Crippen LogP contribution in [0.1, 0.15) is 6.92 Å². The molecule has 0 aromatic carbocycles. The van der Waals surface area contributed by atoms with Gasteiger partial charge < -0.3 is 9.84 Å². The van der Waals surface area contributed by atoms with Crippen LogP contribution in [0.4, 0.5) is 4.79 Å². The van der Waals surface area contributed by atoms with E-state index in [-0.39, 0.29) is 0 Å². The first kappa shape index (κ1) is 9.96. The predicted molar refractivity (Wildman–Crippen MR) is 37.7 cm³/mol. The Labute approximate surface area is 64.2 Å². The number of ether oxygens (including phenoxy) is 1. The van der Waals surface area contributed by atoms with E-state index in [9.17, 15) is 13.2 Å². The molecule has 1 N–H and O–H groups in total. The van der Waals surface area contributed by atoms with Gasteiger partial charge in [0.15, 0.2) is 0 Å². The monoisotopic (exact) mass is 180 g/mol. The predicted octanol–water partition coefficient (Wildman–Crippen LogP) is 0.585. The van der Waals surface area contributed by atoms with Gasteiger partial charge in [0.25, 0.3) is 0 Å². The Hall–Kier alpha value is -1.04. The molecule has 0 radical (unpaired) electrons. The van der Waals surface area contributed by atoms with Crippen LogP contribution in [-0.2, 0) is 14.6 Å². The minimum atomic E-state index is -3.63.